The molecule has 1 saturated heterocycles. The second-order valence-corrected chi connectivity index (χ2v) is 7.90. The van der Waals surface area contributed by atoms with E-state index in [9.17, 15) is 8.78 Å². The summed E-state index contributed by atoms with van der Waals surface area (Å²) < 4.78 is 35.9. The fourth-order valence-electron chi connectivity index (χ4n) is 4.53. The fourth-order valence-corrected chi connectivity index (χ4v) is 4.53. The number of halogens is 2. The zero-order valence-corrected chi connectivity index (χ0v) is 16.2. The van der Waals surface area contributed by atoms with Crippen molar-refractivity contribution >= 4 is 5.71 Å². The maximum atomic E-state index is 12.4. The van der Waals surface area contributed by atoms with Crippen LogP contribution < -0.4 is 9.47 Å². The van der Waals surface area contributed by atoms with Gasteiger partial charge in [-0.3, -0.25) is 0 Å². The number of hydrogen-bond acceptors (Lipinski definition) is 5. The smallest absolute Gasteiger partial charge is 0.387 e. The van der Waals surface area contributed by atoms with Gasteiger partial charge in [-0.05, 0) is 42.9 Å². The number of para-hydroxylation sites is 1. The van der Waals surface area contributed by atoms with Crippen molar-refractivity contribution < 1.29 is 18.3 Å². The summed E-state index contributed by atoms with van der Waals surface area (Å²) in [5, 5.41) is 7.14. The molecule has 5 rings (SSSR count). The van der Waals surface area contributed by atoms with Gasteiger partial charge in [-0.2, -0.15) is 13.9 Å². The minimum Gasteiger partial charge on any atom is -0.466 e. The molecule has 0 radical (unpaired) electrons. The summed E-state index contributed by atoms with van der Waals surface area (Å²) in [4.78, 5) is 2.31. The van der Waals surface area contributed by atoms with Gasteiger partial charge in [-0.1, -0.05) is 18.2 Å². The molecule has 3 heterocycles. The summed E-state index contributed by atoms with van der Waals surface area (Å²) in [5.41, 5.74) is 2.57. The van der Waals surface area contributed by atoms with Crippen LogP contribution in [0, 0.1) is 0 Å². The number of fused-ring (bicyclic) bond motifs is 4. The molecule has 1 fully saturated rings. The molecule has 3 aliphatic rings. The first-order chi connectivity index (χ1) is 14.0. The quantitative estimate of drug-likeness (QED) is 0.773. The highest BCUT2D eigenvalue weighted by molar-refractivity contribution is 6.02. The SMILES string of the molecule is CN1CCC2(CC1)Oc1ccccc1[C@H]1CC(c3ccc(OC(F)F)cc3)=NN12. The summed E-state index contributed by atoms with van der Waals surface area (Å²) in [5.74, 6) is 1.09. The number of hydrogen-bond donors (Lipinski definition) is 0. The molecule has 0 unspecified atom stereocenters. The van der Waals surface area contributed by atoms with Gasteiger partial charge < -0.3 is 14.4 Å². The Morgan fingerprint density at radius 1 is 1.10 bits per heavy atom. The number of likely N-dealkylation sites (tertiary alicyclic amines) is 1. The summed E-state index contributed by atoms with van der Waals surface area (Å²) in [6, 6.07) is 15.0. The molecule has 0 aromatic heterocycles. The first kappa shape index (κ1) is 18.4. The molecule has 0 N–H and O–H groups in total. The van der Waals surface area contributed by atoms with Crippen molar-refractivity contribution in [2.24, 2.45) is 5.10 Å². The predicted octanol–water partition coefficient (Wildman–Crippen LogP) is 4.25. The maximum absolute atomic E-state index is 12.4. The van der Waals surface area contributed by atoms with Gasteiger partial charge in [0.1, 0.15) is 11.5 Å². The molecule has 1 spiro atoms. The average Bonchev–Trinajstić information content (AvgIpc) is 3.17. The van der Waals surface area contributed by atoms with Crippen molar-refractivity contribution in [1.82, 2.24) is 9.91 Å². The lowest BCUT2D eigenvalue weighted by Gasteiger charge is -2.50. The number of ether oxygens (including phenoxy) is 2. The van der Waals surface area contributed by atoms with Gasteiger partial charge >= 0.3 is 6.61 Å². The van der Waals surface area contributed by atoms with E-state index in [4.69, 9.17) is 9.84 Å². The Morgan fingerprint density at radius 2 is 1.83 bits per heavy atom. The molecular formula is C22H23F2N3O2. The highest BCUT2D eigenvalue weighted by atomic mass is 19.3. The Kier molecular flexibility index (Phi) is 4.42. The van der Waals surface area contributed by atoms with Gasteiger partial charge in [0.25, 0.3) is 0 Å². The minimum atomic E-state index is -2.82. The molecule has 0 amide bonds. The molecule has 0 saturated carbocycles. The molecule has 0 aliphatic carbocycles. The second-order valence-electron chi connectivity index (χ2n) is 7.90. The van der Waals surface area contributed by atoms with Crippen molar-refractivity contribution in [2.75, 3.05) is 20.1 Å². The molecule has 5 nitrogen and oxygen atoms in total. The molecule has 2 aromatic carbocycles. The van der Waals surface area contributed by atoms with Crippen molar-refractivity contribution in [1.29, 1.82) is 0 Å². The summed E-state index contributed by atoms with van der Waals surface area (Å²) in [6.45, 7) is -0.914. The van der Waals surface area contributed by atoms with E-state index in [2.05, 4.69) is 27.8 Å². The maximum Gasteiger partial charge on any atom is 0.387 e. The second kappa shape index (κ2) is 6.99. The highest BCUT2D eigenvalue weighted by Crippen LogP contribution is 2.49. The van der Waals surface area contributed by atoms with Crippen LogP contribution in [0.4, 0.5) is 8.78 Å². The molecule has 1 atom stereocenters. The zero-order valence-electron chi connectivity index (χ0n) is 16.2. The van der Waals surface area contributed by atoms with Crippen molar-refractivity contribution in [3.63, 3.8) is 0 Å². The first-order valence-electron chi connectivity index (χ1n) is 9.93. The van der Waals surface area contributed by atoms with Crippen LogP contribution >= 0.6 is 0 Å². The van der Waals surface area contributed by atoms with Crippen LogP contribution in [0.1, 0.15) is 36.4 Å². The molecule has 7 heteroatoms. The molecule has 3 aliphatic heterocycles. The largest absolute Gasteiger partial charge is 0.466 e. The van der Waals surface area contributed by atoms with Crippen molar-refractivity contribution in [3.8, 4) is 11.5 Å². The third-order valence-corrected chi connectivity index (χ3v) is 6.09. The topological polar surface area (TPSA) is 37.3 Å². The van der Waals surface area contributed by atoms with Crippen LogP contribution in [-0.4, -0.2) is 48.1 Å². The van der Waals surface area contributed by atoms with Gasteiger partial charge in [-0.15, -0.1) is 0 Å². The molecular weight excluding hydrogens is 376 g/mol. The van der Waals surface area contributed by atoms with Crippen LogP contribution in [0.3, 0.4) is 0 Å². The van der Waals surface area contributed by atoms with E-state index >= 15 is 0 Å². The molecule has 0 bridgehead atoms. The van der Waals surface area contributed by atoms with Gasteiger partial charge in [0, 0.05) is 37.9 Å². The Bertz CT molecular complexity index is 924. The summed E-state index contributed by atoms with van der Waals surface area (Å²) in [7, 11) is 2.13. The van der Waals surface area contributed by atoms with E-state index in [0.717, 1.165) is 54.9 Å². The highest BCUT2D eigenvalue weighted by Gasteiger charge is 2.51. The summed E-state index contributed by atoms with van der Waals surface area (Å²) in [6.07, 6.45) is 2.52. The van der Waals surface area contributed by atoms with Gasteiger partial charge in [0.15, 0.2) is 0 Å². The van der Waals surface area contributed by atoms with Crippen molar-refractivity contribution in [3.05, 3.63) is 59.7 Å². The number of benzene rings is 2. The Balaban J connectivity index is 1.49. The van der Waals surface area contributed by atoms with E-state index in [-0.39, 0.29) is 11.8 Å². The van der Waals surface area contributed by atoms with Gasteiger partial charge in [-0.25, -0.2) is 5.01 Å². The van der Waals surface area contributed by atoms with Crippen LogP contribution in [0.15, 0.2) is 53.6 Å². The lowest BCUT2D eigenvalue weighted by molar-refractivity contribution is -0.147. The minimum absolute atomic E-state index is 0.121. The third kappa shape index (κ3) is 3.23. The van der Waals surface area contributed by atoms with E-state index in [1.165, 1.54) is 0 Å². The number of alkyl halides is 2. The number of hydrazone groups is 1. The van der Waals surface area contributed by atoms with Crippen LogP contribution in [0.2, 0.25) is 0 Å². The van der Waals surface area contributed by atoms with Crippen LogP contribution in [-0.2, 0) is 0 Å². The number of rotatable bonds is 3. The Labute approximate surface area is 168 Å². The number of nitrogens with zero attached hydrogens (tertiary/aromatic N) is 3. The standard InChI is InChI=1S/C22H23F2N3O2/c1-26-12-10-22(11-13-26)27-19(17-4-2-3-5-20(17)29-22)14-18(25-27)15-6-8-16(9-7-15)28-21(23)24/h2-9,19,21H,10-14H2,1H3/t19-/m1/s1. The van der Waals surface area contributed by atoms with E-state index in [1.54, 1.807) is 24.3 Å². The molecule has 152 valence electrons. The third-order valence-electron chi connectivity index (χ3n) is 6.09. The monoisotopic (exact) mass is 399 g/mol. The normalized spacial score (nSPS) is 22.8. The van der Waals surface area contributed by atoms with Gasteiger partial charge in [0.2, 0.25) is 5.72 Å². The first-order valence-corrected chi connectivity index (χ1v) is 9.93. The Morgan fingerprint density at radius 3 is 2.55 bits per heavy atom. The number of piperidine rings is 1. The average molecular weight is 399 g/mol. The summed E-state index contributed by atoms with van der Waals surface area (Å²) >= 11 is 0. The fraction of sp³-hybridized carbons (Fsp3) is 0.409. The predicted molar refractivity (Wildman–Crippen MR) is 105 cm³/mol. The zero-order chi connectivity index (χ0) is 20.0. The van der Waals surface area contributed by atoms with E-state index < -0.39 is 12.3 Å². The van der Waals surface area contributed by atoms with E-state index in [0.29, 0.717) is 0 Å². The molecule has 29 heavy (non-hydrogen) atoms. The van der Waals surface area contributed by atoms with E-state index in [1.807, 2.05) is 18.2 Å². The molecule has 2 aromatic rings. The lowest BCUT2D eigenvalue weighted by atomic mass is 9.91. The van der Waals surface area contributed by atoms with Crippen LogP contribution in [0.5, 0.6) is 11.5 Å². The van der Waals surface area contributed by atoms with Crippen LogP contribution in [0.25, 0.3) is 0 Å². The Hall–Kier alpha value is -2.67. The van der Waals surface area contributed by atoms with Crippen molar-refractivity contribution in [2.45, 2.75) is 37.6 Å². The van der Waals surface area contributed by atoms with Gasteiger partial charge in [0.05, 0.1) is 11.8 Å². The lowest BCUT2D eigenvalue weighted by Crippen LogP contribution is -2.58.